The van der Waals surface area contributed by atoms with Crippen molar-refractivity contribution in [2.24, 2.45) is 0 Å². The van der Waals surface area contributed by atoms with Gasteiger partial charge >= 0.3 is 12.0 Å². The van der Waals surface area contributed by atoms with Crippen molar-refractivity contribution in [3.05, 3.63) is 29.8 Å². The lowest BCUT2D eigenvalue weighted by atomic mass is 10.2. The fourth-order valence-corrected chi connectivity index (χ4v) is 1.22. The number of anilines is 1. The maximum atomic E-state index is 11.5. The van der Waals surface area contributed by atoms with Gasteiger partial charge in [0.1, 0.15) is 0 Å². The summed E-state index contributed by atoms with van der Waals surface area (Å²) in [7, 11) is 0. The molecule has 0 aliphatic rings. The van der Waals surface area contributed by atoms with Gasteiger partial charge in [0.15, 0.2) is 0 Å². The molecule has 0 unspecified atom stereocenters. The van der Waals surface area contributed by atoms with E-state index in [9.17, 15) is 9.59 Å². The molecule has 0 spiro atoms. The van der Waals surface area contributed by atoms with Crippen LogP contribution in [0.3, 0.4) is 0 Å². The molecule has 17 heavy (non-hydrogen) atoms. The number of rotatable bonds is 4. The smallest absolute Gasteiger partial charge is 0.335 e. The van der Waals surface area contributed by atoms with Gasteiger partial charge in [-0.3, -0.25) is 0 Å². The van der Waals surface area contributed by atoms with E-state index in [1.807, 2.05) is 13.8 Å². The van der Waals surface area contributed by atoms with Crippen LogP contribution in [0, 0.1) is 0 Å². The second kappa shape index (κ2) is 5.89. The van der Waals surface area contributed by atoms with E-state index in [1.165, 1.54) is 12.1 Å². The SMILES string of the molecule is CC[C@@H](C)NC(=O)Nc1cccc(C(=O)O)c1. The van der Waals surface area contributed by atoms with Crippen molar-refractivity contribution in [1.82, 2.24) is 5.32 Å². The Labute approximate surface area is 99.8 Å². The van der Waals surface area contributed by atoms with Crippen molar-refractivity contribution in [3.63, 3.8) is 0 Å². The third kappa shape index (κ3) is 4.14. The second-order valence-electron chi connectivity index (χ2n) is 3.79. The van der Waals surface area contributed by atoms with Crippen LogP contribution in [0.4, 0.5) is 10.5 Å². The predicted octanol–water partition coefficient (Wildman–Crippen LogP) is 2.30. The summed E-state index contributed by atoms with van der Waals surface area (Å²) < 4.78 is 0. The van der Waals surface area contributed by atoms with E-state index in [0.717, 1.165) is 6.42 Å². The highest BCUT2D eigenvalue weighted by atomic mass is 16.4. The van der Waals surface area contributed by atoms with Gasteiger partial charge in [-0.05, 0) is 31.5 Å². The van der Waals surface area contributed by atoms with Crippen molar-refractivity contribution < 1.29 is 14.7 Å². The predicted molar refractivity (Wildman–Crippen MR) is 65.3 cm³/mol. The minimum atomic E-state index is -1.02. The highest BCUT2D eigenvalue weighted by Crippen LogP contribution is 2.10. The van der Waals surface area contributed by atoms with Gasteiger partial charge in [-0.1, -0.05) is 13.0 Å². The molecule has 5 heteroatoms. The van der Waals surface area contributed by atoms with Crippen LogP contribution in [0.25, 0.3) is 0 Å². The van der Waals surface area contributed by atoms with Gasteiger partial charge in [0.05, 0.1) is 5.56 Å². The number of carbonyl (C=O) groups is 2. The van der Waals surface area contributed by atoms with Gasteiger partial charge in [-0.2, -0.15) is 0 Å². The average Bonchev–Trinajstić information content (AvgIpc) is 2.28. The first-order valence-electron chi connectivity index (χ1n) is 5.43. The summed E-state index contributed by atoms with van der Waals surface area (Å²) in [6.07, 6.45) is 0.836. The second-order valence-corrected chi connectivity index (χ2v) is 3.79. The maximum absolute atomic E-state index is 11.5. The Morgan fingerprint density at radius 3 is 2.71 bits per heavy atom. The monoisotopic (exact) mass is 236 g/mol. The minimum absolute atomic E-state index is 0.0812. The Bertz CT molecular complexity index is 418. The van der Waals surface area contributed by atoms with E-state index < -0.39 is 5.97 Å². The standard InChI is InChI=1S/C12H16N2O3/c1-3-8(2)13-12(17)14-10-6-4-5-9(7-10)11(15)16/h4-8H,3H2,1-2H3,(H,15,16)(H2,13,14,17)/t8-/m1/s1. The lowest BCUT2D eigenvalue weighted by molar-refractivity contribution is 0.0697. The van der Waals surface area contributed by atoms with Crippen LogP contribution in [0.5, 0.6) is 0 Å². The number of urea groups is 1. The van der Waals surface area contributed by atoms with Crippen molar-refractivity contribution in [1.29, 1.82) is 0 Å². The largest absolute Gasteiger partial charge is 0.478 e. The Kier molecular flexibility index (Phi) is 4.51. The van der Waals surface area contributed by atoms with Crippen molar-refractivity contribution in [2.45, 2.75) is 26.3 Å². The molecule has 0 aliphatic carbocycles. The Hall–Kier alpha value is -2.04. The van der Waals surface area contributed by atoms with Crippen LogP contribution in [0.15, 0.2) is 24.3 Å². The van der Waals surface area contributed by atoms with Gasteiger partial charge in [0.2, 0.25) is 0 Å². The normalized spacial score (nSPS) is 11.6. The maximum Gasteiger partial charge on any atom is 0.335 e. The molecule has 0 heterocycles. The third-order valence-corrected chi connectivity index (χ3v) is 2.36. The molecule has 0 radical (unpaired) electrons. The molecule has 0 saturated heterocycles. The fourth-order valence-electron chi connectivity index (χ4n) is 1.22. The molecule has 1 atom stereocenters. The molecule has 92 valence electrons. The highest BCUT2D eigenvalue weighted by Gasteiger charge is 2.07. The average molecular weight is 236 g/mol. The molecule has 0 aromatic heterocycles. The zero-order valence-corrected chi connectivity index (χ0v) is 9.86. The highest BCUT2D eigenvalue weighted by molar-refractivity contribution is 5.93. The van der Waals surface area contributed by atoms with E-state index in [4.69, 9.17) is 5.11 Å². The number of hydrogen-bond donors (Lipinski definition) is 3. The Balaban J connectivity index is 2.65. The summed E-state index contributed by atoms with van der Waals surface area (Å²) >= 11 is 0. The van der Waals surface area contributed by atoms with E-state index in [2.05, 4.69) is 10.6 Å². The Morgan fingerprint density at radius 1 is 1.41 bits per heavy atom. The summed E-state index contributed by atoms with van der Waals surface area (Å²) in [6, 6.07) is 5.86. The molecule has 1 aromatic carbocycles. The van der Waals surface area contributed by atoms with Crippen LogP contribution < -0.4 is 10.6 Å². The van der Waals surface area contributed by atoms with Crippen LogP contribution in [0.2, 0.25) is 0 Å². The molecular weight excluding hydrogens is 220 g/mol. The van der Waals surface area contributed by atoms with Gasteiger partial charge in [0, 0.05) is 11.7 Å². The number of benzene rings is 1. The first kappa shape index (κ1) is 13.0. The Morgan fingerprint density at radius 2 is 2.12 bits per heavy atom. The first-order chi connectivity index (χ1) is 8.02. The van der Waals surface area contributed by atoms with E-state index in [0.29, 0.717) is 5.69 Å². The molecule has 0 aliphatic heterocycles. The number of nitrogens with one attached hydrogen (secondary N) is 2. The number of amides is 2. The number of aromatic carboxylic acids is 1. The number of hydrogen-bond acceptors (Lipinski definition) is 2. The fraction of sp³-hybridized carbons (Fsp3) is 0.333. The molecule has 1 rings (SSSR count). The molecule has 0 saturated carbocycles. The van der Waals surface area contributed by atoms with Gasteiger partial charge in [0.25, 0.3) is 0 Å². The molecule has 0 bridgehead atoms. The lowest BCUT2D eigenvalue weighted by Crippen LogP contribution is -2.35. The number of carbonyl (C=O) groups excluding carboxylic acids is 1. The molecule has 2 amide bonds. The van der Waals surface area contributed by atoms with E-state index in [1.54, 1.807) is 12.1 Å². The molecule has 0 fully saturated rings. The van der Waals surface area contributed by atoms with Crippen LogP contribution in [-0.2, 0) is 0 Å². The van der Waals surface area contributed by atoms with Crippen molar-refractivity contribution in [2.75, 3.05) is 5.32 Å². The van der Waals surface area contributed by atoms with Crippen molar-refractivity contribution >= 4 is 17.7 Å². The first-order valence-corrected chi connectivity index (χ1v) is 5.43. The van der Waals surface area contributed by atoms with Crippen molar-refractivity contribution in [3.8, 4) is 0 Å². The summed E-state index contributed by atoms with van der Waals surface area (Å²) in [5.41, 5.74) is 0.608. The summed E-state index contributed by atoms with van der Waals surface area (Å²) in [6.45, 7) is 3.86. The molecule has 5 nitrogen and oxygen atoms in total. The van der Waals surface area contributed by atoms with E-state index >= 15 is 0 Å². The van der Waals surface area contributed by atoms with Crippen LogP contribution >= 0.6 is 0 Å². The lowest BCUT2D eigenvalue weighted by Gasteiger charge is -2.12. The van der Waals surface area contributed by atoms with Gasteiger partial charge in [-0.15, -0.1) is 0 Å². The zero-order chi connectivity index (χ0) is 12.8. The van der Waals surface area contributed by atoms with Gasteiger partial charge < -0.3 is 15.7 Å². The van der Waals surface area contributed by atoms with Crippen LogP contribution in [-0.4, -0.2) is 23.1 Å². The summed E-state index contributed by atoms with van der Waals surface area (Å²) in [5, 5.41) is 14.1. The van der Waals surface area contributed by atoms with E-state index in [-0.39, 0.29) is 17.6 Å². The molecular formula is C12H16N2O3. The topological polar surface area (TPSA) is 78.4 Å². The quantitative estimate of drug-likeness (QED) is 0.750. The molecule has 3 N–H and O–H groups in total. The number of carboxylic acids is 1. The minimum Gasteiger partial charge on any atom is -0.478 e. The zero-order valence-electron chi connectivity index (χ0n) is 9.86. The molecule has 1 aromatic rings. The van der Waals surface area contributed by atoms with Gasteiger partial charge in [-0.25, -0.2) is 9.59 Å². The third-order valence-electron chi connectivity index (χ3n) is 2.36. The van der Waals surface area contributed by atoms with Crippen LogP contribution in [0.1, 0.15) is 30.6 Å². The number of carboxylic acid groups (broad SMARTS) is 1. The summed E-state index contributed by atoms with van der Waals surface area (Å²) in [5.74, 6) is -1.02. The summed E-state index contributed by atoms with van der Waals surface area (Å²) in [4.78, 5) is 22.2.